The third kappa shape index (κ3) is 3.43. The Morgan fingerprint density at radius 2 is 1.90 bits per heavy atom. The Morgan fingerprint density at radius 1 is 1.24 bits per heavy atom. The lowest BCUT2D eigenvalue weighted by Crippen LogP contribution is -2.00. The summed E-state index contributed by atoms with van der Waals surface area (Å²) in [6.45, 7) is 1.26. The van der Waals surface area contributed by atoms with E-state index in [1.807, 2.05) is 0 Å². The molecular formula is C14H9BrFNO4. The Balaban J connectivity index is 2.48. The maximum Gasteiger partial charge on any atom is 0.312 e. The van der Waals surface area contributed by atoms with Gasteiger partial charge in [-0.25, -0.2) is 4.39 Å². The summed E-state index contributed by atoms with van der Waals surface area (Å²) in [5.74, 6) is -0.950. The van der Waals surface area contributed by atoms with Crippen molar-refractivity contribution < 1.29 is 18.8 Å². The summed E-state index contributed by atoms with van der Waals surface area (Å²) in [7, 11) is 0. The lowest BCUT2D eigenvalue weighted by Gasteiger charge is -2.10. The summed E-state index contributed by atoms with van der Waals surface area (Å²) in [6, 6.07) is 7.66. The van der Waals surface area contributed by atoms with Crippen LogP contribution in [0.2, 0.25) is 0 Å². The van der Waals surface area contributed by atoms with E-state index in [2.05, 4.69) is 15.9 Å². The molecule has 0 aliphatic heterocycles. The zero-order chi connectivity index (χ0) is 15.6. The van der Waals surface area contributed by atoms with Crippen LogP contribution in [-0.2, 0) is 0 Å². The second-order valence-corrected chi connectivity index (χ2v) is 5.08. The number of benzene rings is 2. The second-order valence-electron chi connectivity index (χ2n) is 4.17. The van der Waals surface area contributed by atoms with Gasteiger partial charge in [-0.05, 0) is 37.3 Å². The molecule has 0 unspecified atom stereocenters. The van der Waals surface area contributed by atoms with Gasteiger partial charge in [0.1, 0.15) is 11.6 Å². The predicted molar refractivity (Wildman–Crippen MR) is 77.3 cm³/mol. The smallest absolute Gasteiger partial charge is 0.312 e. The van der Waals surface area contributed by atoms with Gasteiger partial charge in [0, 0.05) is 10.5 Å². The highest BCUT2D eigenvalue weighted by Gasteiger charge is 2.18. The fraction of sp³-hybridized carbons (Fsp3) is 0.0714. The molecule has 0 N–H and O–H groups in total. The van der Waals surface area contributed by atoms with E-state index >= 15 is 0 Å². The first-order valence-electron chi connectivity index (χ1n) is 5.81. The second kappa shape index (κ2) is 6.01. The molecule has 21 heavy (non-hydrogen) atoms. The third-order valence-electron chi connectivity index (χ3n) is 2.66. The van der Waals surface area contributed by atoms with Crippen molar-refractivity contribution in [2.24, 2.45) is 0 Å². The highest BCUT2D eigenvalue weighted by Crippen LogP contribution is 2.35. The van der Waals surface area contributed by atoms with Crippen LogP contribution in [0.3, 0.4) is 0 Å². The summed E-state index contributed by atoms with van der Waals surface area (Å²) in [5.41, 5.74) is -0.240. The van der Waals surface area contributed by atoms with Crippen LogP contribution in [0.4, 0.5) is 10.1 Å². The number of nitro groups is 1. The number of Topliss-reactive ketones (excluding diaryl/α,β-unsaturated/α-hetero) is 1. The lowest BCUT2D eigenvalue weighted by atomic mass is 10.1. The fourth-order valence-electron chi connectivity index (χ4n) is 1.70. The van der Waals surface area contributed by atoms with Crippen LogP contribution in [0.1, 0.15) is 17.3 Å². The van der Waals surface area contributed by atoms with Crippen LogP contribution in [-0.4, -0.2) is 10.7 Å². The first kappa shape index (κ1) is 15.1. The molecule has 5 nitrogen and oxygen atoms in total. The van der Waals surface area contributed by atoms with E-state index in [1.165, 1.54) is 25.1 Å². The number of ketones is 1. The topological polar surface area (TPSA) is 69.4 Å². The van der Waals surface area contributed by atoms with Gasteiger partial charge in [0.05, 0.1) is 10.5 Å². The number of hydrogen-bond acceptors (Lipinski definition) is 4. The van der Waals surface area contributed by atoms with Crippen LogP contribution >= 0.6 is 15.9 Å². The molecule has 0 bridgehead atoms. The zero-order valence-electron chi connectivity index (χ0n) is 10.8. The Labute approximate surface area is 127 Å². The Bertz CT molecular complexity index is 671. The van der Waals surface area contributed by atoms with Gasteiger partial charge >= 0.3 is 5.69 Å². The third-order valence-corrected chi connectivity index (χ3v) is 3.15. The number of rotatable bonds is 4. The van der Waals surface area contributed by atoms with Gasteiger partial charge in [-0.15, -0.1) is 0 Å². The Hall–Kier alpha value is -2.28. The van der Waals surface area contributed by atoms with Crippen molar-refractivity contribution in [2.75, 3.05) is 0 Å². The molecule has 0 saturated heterocycles. The first-order chi connectivity index (χ1) is 9.88. The number of carbonyl (C=O) groups excluding carboxylic acids is 1. The largest absolute Gasteiger partial charge is 0.449 e. The molecule has 0 aliphatic rings. The van der Waals surface area contributed by atoms with E-state index in [0.717, 1.165) is 12.1 Å². The molecular weight excluding hydrogens is 345 g/mol. The monoisotopic (exact) mass is 353 g/mol. The summed E-state index contributed by atoms with van der Waals surface area (Å²) in [4.78, 5) is 21.9. The van der Waals surface area contributed by atoms with Gasteiger partial charge in [0.2, 0.25) is 5.75 Å². The SMILES string of the molecule is CC(=O)c1cc(F)ccc1Oc1ccc(Br)cc1[N+](=O)[O-]. The van der Waals surface area contributed by atoms with Crippen molar-refractivity contribution in [2.45, 2.75) is 6.92 Å². The molecule has 0 spiro atoms. The fourth-order valence-corrected chi connectivity index (χ4v) is 2.05. The molecule has 0 aliphatic carbocycles. The van der Waals surface area contributed by atoms with Crippen LogP contribution in [0.15, 0.2) is 40.9 Å². The van der Waals surface area contributed by atoms with Crippen molar-refractivity contribution in [3.8, 4) is 11.5 Å². The van der Waals surface area contributed by atoms with Crippen molar-refractivity contribution in [3.05, 3.63) is 62.4 Å². The summed E-state index contributed by atoms with van der Waals surface area (Å²) in [5, 5.41) is 11.0. The maximum atomic E-state index is 13.2. The molecule has 2 rings (SSSR count). The Kier molecular flexibility index (Phi) is 4.32. The van der Waals surface area contributed by atoms with E-state index in [1.54, 1.807) is 6.07 Å². The van der Waals surface area contributed by atoms with Crippen LogP contribution in [0.25, 0.3) is 0 Å². The maximum absolute atomic E-state index is 13.2. The van der Waals surface area contributed by atoms with Gasteiger partial charge < -0.3 is 4.74 Å². The highest BCUT2D eigenvalue weighted by molar-refractivity contribution is 9.10. The number of halogens is 2. The number of nitrogens with zero attached hydrogens (tertiary/aromatic N) is 1. The molecule has 0 radical (unpaired) electrons. The first-order valence-corrected chi connectivity index (χ1v) is 6.60. The van der Waals surface area contributed by atoms with Gasteiger partial charge in [0.15, 0.2) is 5.78 Å². The minimum absolute atomic E-state index is 0.0206. The van der Waals surface area contributed by atoms with Crippen LogP contribution in [0, 0.1) is 15.9 Å². The molecule has 7 heteroatoms. The van der Waals surface area contributed by atoms with Crippen LogP contribution in [0.5, 0.6) is 11.5 Å². The summed E-state index contributed by atoms with van der Waals surface area (Å²) >= 11 is 3.13. The number of carbonyl (C=O) groups is 1. The summed E-state index contributed by atoms with van der Waals surface area (Å²) in [6.07, 6.45) is 0. The molecule has 0 fully saturated rings. The van der Waals surface area contributed by atoms with E-state index < -0.39 is 16.5 Å². The summed E-state index contributed by atoms with van der Waals surface area (Å²) < 4.78 is 19.1. The zero-order valence-corrected chi connectivity index (χ0v) is 12.4. The molecule has 0 amide bonds. The Morgan fingerprint density at radius 3 is 2.52 bits per heavy atom. The highest BCUT2D eigenvalue weighted by atomic mass is 79.9. The quantitative estimate of drug-likeness (QED) is 0.461. The normalized spacial score (nSPS) is 10.2. The molecule has 0 atom stereocenters. The number of ether oxygens (including phenoxy) is 1. The minimum atomic E-state index is -0.600. The van der Waals surface area contributed by atoms with E-state index in [-0.39, 0.29) is 22.7 Å². The average Bonchev–Trinajstić information content (AvgIpc) is 2.42. The van der Waals surface area contributed by atoms with Crippen LogP contribution < -0.4 is 4.74 Å². The van der Waals surface area contributed by atoms with E-state index in [0.29, 0.717) is 4.47 Å². The van der Waals surface area contributed by atoms with Gasteiger partial charge in [0.25, 0.3) is 0 Å². The van der Waals surface area contributed by atoms with Crippen molar-refractivity contribution in [1.29, 1.82) is 0 Å². The van der Waals surface area contributed by atoms with Crippen molar-refractivity contribution in [1.82, 2.24) is 0 Å². The molecule has 2 aromatic rings. The lowest BCUT2D eigenvalue weighted by molar-refractivity contribution is -0.385. The number of nitro benzene ring substituents is 1. The molecule has 0 saturated carbocycles. The average molecular weight is 354 g/mol. The molecule has 2 aromatic carbocycles. The van der Waals surface area contributed by atoms with E-state index in [4.69, 9.17) is 4.74 Å². The minimum Gasteiger partial charge on any atom is -0.449 e. The predicted octanol–water partition coefficient (Wildman–Crippen LogP) is 4.49. The number of hydrogen-bond donors (Lipinski definition) is 0. The van der Waals surface area contributed by atoms with Crippen molar-refractivity contribution in [3.63, 3.8) is 0 Å². The molecule has 0 heterocycles. The standard InChI is InChI=1S/C14H9BrFNO4/c1-8(18)11-7-10(16)3-5-13(11)21-14-4-2-9(15)6-12(14)17(19)20/h2-7H,1H3. The van der Waals surface area contributed by atoms with Gasteiger partial charge in [-0.3, -0.25) is 14.9 Å². The van der Waals surface area contributed by atoms with Gasteiger partial charge in [-0.2, -0.15) is 0 Å². The molecule has 108 valence electrons. The van der Waals surface area contributed by atoms with Gasteiger partial charge in [-0.1, -0.05) is 15.9 Å². The van der Waals surface area contributed by atoms with E-state index in [9.17, 15) is 19.3 Å². The molecule has 0 aromatic heterocycles. The van der Waals surface area contributed by atoms with Crippen molar-refractivity contribution >= 4 is 27.4 Å².